The van der Waals surface area contributed by atoms with Crippen molar-refractivity contribution in [1.29, 1.82) is 0 Å². The van der Waals surface area contributed by atoms with Crippen LogP contribution in [0.15, 0.2) is 12.1 Å². The molecule has 0 amide bonds. The Bertz CT molecular complexity index is 449. The summed E-state index contributed by atoms with van der Waals surface area (Å²) in [6.07, 6.45) is 3.48. The molecule has 1 aliphatic rings. The van der Waals surface area contributed by atoms with Crippen molar-refractivity contribution in [3.8, 4) is 0 Å². The van der Waals surface area contributed by atoms with E-state index in [1.54, 1.807) is 0 Å². The summed E-state index contributed by atoms with van der Waals surface area (Å²) in [6, 6.07) is 2.12. The summed E-state index contributed by atoms with van der Waals surface area (Å²) in [5.74, 6) is -0.217. The van der Waals surface area contributed by atoms with E-state index in [1.807, 2.05) is 0 Å². The molecular formula is C11H12ClFN2O2. The van der Waals surface area contributed by atoms with Crippen molar-refractivity contribution >= 4 is 23.0 Å². The van der Waals surface area contributed by atoms with Crippen molar-refractivity contribution in [3.05, 3.63) is 33.1 Å². The predicted molar refractivity (Wildman–Crippen MR) is 63.9 cm³/mol. The Balaban J connectivity index is 2.17. The number of halogens is 2. The zero-order chi connectivity index (χ0) is 12.4. The Morgan fingerprint density at radius 3 is 2.76 bits per heavy atom. The second kappa shape index (κ2) is 4.87. The zero-order valence-electron chi connectivity index (χ0n) is 9.08. The molecule has 2 rings (SSSR count). The van der Waals surface area contributed by atoms with E-state index in [9.17, 15) is 14.5 Å². The third kappa shape index (κ3) is 2.66. The first-order valence-electron chi connectivity index (χ1n) is 5.45. The highest BCUT2D eigenvalue weighted by Gasteiger charge is 2.21. The van der Waals surface area contributed by atoms with Gasteiger partial charge in [-0.1, -0.05) is 18.0 Å². The largest absolute Gasteiger partial charge is 0.379 e. The summed E-state index contributed by atoms with van der Waals surface area (Å²) in [6.45, 7) is 0.669. The first-order chi connectivity index (χ1) is 8.08. The van der Waals surface area contributed by atoms with E-state index in [2.05, 4.69) is 5.32 Å². The smallest absolute Gasteiger partial charge is 0.295 e. The number of anilines is 1. The van der Waals surface area contributed by atoms with Crippen molar-refractivity contribution < 1.29 is 9.31 Å². The van der Waals surface area contributed by atoms with Gasteiger partial charge in [-0.2, -0.15) is 0 Å². The number of nitrogens with zero attached hydrogens (tertiary/aromatic N) is 1. The second-order valence-corrected chi connectivity index (χ2v) is 4.63. The van der Waals surface area contributed by atoms with Crippen LogP contribution in [0.1, 0.15) is 19.3 Å². The quantitative estimate of drug-likeness (QED) is 0.663. The topological polar surface area (TPSA) is 55.2 Å². The lowest BCUT2D eigenvalue weighted by Crippen LogP contribution is -2.21. The lowest BCUT2D eigenvalue weighted by atomic mass is 9.85. The molecule has 1 aromatic carbocycles. The third-order valence-corrected chi connectivity index (χ3v) is 3.33. The Labute approximate surface area is 103 Å². The van der Waals surface area contributed by atoms with Crippen LogP contribution in [-0.4, -0.2) is 11.5 Å². The van der Waals surface area contributed by atoms with E-state index in [4.69, 9.17) is 11.6 Å². The van der Waals surface area contributed by atoms with Crippen molar-refractivity contribution in [2.75, 3.05) is 11.9 Å². The minimum Gasteiger partial charge on any atom is -0.379 e. The minimum absolute atomic E-state index is 0.105. The van der Waals surface area contributed by atoms with Crippen LogP contribution >= 0.6 is 11.6 Å². The van der Waals surface area contributed by atoms with Gasteiger partial charge in [0.2, 0.25) is 0 Å². The average Bonchev–Trinajstić information content (AvgIpc) is 2.20. The van der Waals surface area contributed by atoms with Gasteiger partial charge >= 0.3 is 0 Å². The van der Waals surface area contributed by atoms with Crippen molar-refractivity contribution in [3.63, 3.8) is 0 Å². The van der Waals surface area contributed by atoms with Crippen LogP contribution in [0.3, 0.4) is 0 Å². The summed E-state index contributed by atoms with van der Waals surface area (Å²) in [5, 5.41) is 13.6. The molecule has 0 saturated heterocycles. The Morgan fingerprint density at radius 1 is 1.53 bits per heavy atom. The fourth-order valence-corrected chi connectivity index (χ4v) is 1.94. The number of benzene rings is 1. The fourth-order valence-electron chi connectivity index (χ4n) is 1.78. The molecule has 0 bridgehead atoms. The van der Waals surface area contributed by atoms with Gasteiger partial charge in [0.15, 0.2) is 0 Å². The van der Waals surface area contributed by atoms with Gasteiger partial charge in [-0.3, -0.25) is 10.1 Å². The summed E-state index contributed by atoms with van der Waals surface area (Å²) < 4.78 is 13.1. The maximum Gasteiger partial charge on any atom is 0.295 e. The molecule has 0 aromatic heterocycles. The van der Waals surface area contributed by atoms with E-state index in [-0.39, 0.29) is 16.4 Å². The van der Waals surface area contributed by atoms with Gasteiger partial charge in [0, 0.05) is 6.54 Å². The number of nitro benzene ring substituents is 1. The molecule has 0 radical (unpaired) electrons. The Kier molecular flexibility index (Phi) is 3.47. The van der Waals surface area contributed by atoms with Gasteiger partial charge in [-0.05, 0) is 24.8 Å². The highest BCUT2D eigenvalue weighted by atomic mass is 35.5. The van der Waals surface area contributed by atoms with Crippen molar-refractivity contribution in [1.82, 2.24) is 0 Å². The van der Waals surface area contributed by atoms with Crippen molar-refractivity contribution in [2.24, 2.45) is 5.92 Å². The van der Waals surface area contributed by atoms with E-state index < -0.39 is 10.7 Å². The van der Waals surface area contributed by atoms with Crippen LogP contribution in [0.25, 0.3) is 0 Å². The summed E-state index contributed by atoms with van der Waals surface area (Å²) >= 11 is 5.62. The molecule has 1 aliphatic carbocycles. The van der Waals surface area contributed by atoms with E-state index in [1.165, 1.54) is 12.5 Å². The zero-order valence-corrected chi connectivity index (χ0v) is 9.84. The number of hydrogen-bond acceptors (Lipinski definition) is 3. The average molecular weight is 259 g/mol. The molecule has 1 N–H and O–H groups in total. The molecular weight excluding hydrogens is 247 g/mol. The van der Waals surface area contributed by atoms with E-state index in [0.717, 1.165) is 18.9 Å². The second-order valence-electron chi connectivity index (χ2n) is 4.22. The van der Waals surface area contributed by atoms with Crippen LogP contribution in [-0.2, 0) is 0 Å². The van der Waals surface area contributed by atoms with Crippen molar-refractivity contribution in [2.45, 2.75) is 19.3 Å². The van der Waals surface area contributed by atoms with Crippen LogP contribution in [0.5, 0.6) is 0 Å². The molecule has 0 atom stereocenters. The van der Waals surface area contributed by atoms with Gasteiger partial charge in [0.05, 0.1) is 16.0 Å². The maximum atomic E-state index is 13.1. The number of rotatable bonds is 4. The molecule has 0 spiro atoms. The molecule has 1 fully saturated rings. The number of nitro groups is 1. The van der Waals surface area contributed by atoms with E-state index >= 15 is 0 Å². The van der Waals surface area contributed by atoms with Gasteiger partial charge in [-0.25, -0.2) is 4.39 Å². The SMILES string of the molecule is O=[N+]([O-])c1cc(F)c(Cl)cc1NCC1CCC1. The van der Waals surface area contributed by atoms with Gasteiger partial charge < -0.3 is 5.32 Å². The summed E-state index contributed by atoms with van der Waals surface area (Å²) in [5.41, 5.74) is 0.0134. The Morgan fingerprint density at radius 2 is 2.24 bits per heavy atom. The molecule has 1 saturated carbocycles. The maximum absolute atomic E-state index is 13.1. The van der Waals surface area contributed by atoms with Crippen LogP contribution in [0, 0.1) is 21.8 Å². The third-order valence-electron chi connectivity index (χ3n) is 3.04. The molecule has 6 heteroatoms. The molecule has 17 heavy (non-hydrogen) atoms. The minimum atomic E-state index is -0.771. The lowest BCUT2D eigenvalue weighted by Gasteiger charge is -2.25. The molecule has 0 aliphatic heterocycles. The van der Waals surface area contributed by atoms with Gasteiger partial charge in [-0.15, -0.1) is 0 Å². The molecule has 92 valence electrons. The number of nitrogens with one attached hydrogen (secondary N) is 1. The monoisotopic (exact) mass is 258 g/mol. The highest BCUT2D eigenvalue weighted by Crippen LogP contribution is 2.32. The number of hydrogen-bond donors (Lipinski definition) is 1. The predicted octanol–water partition coefficient (Wildman–Crippen LogP) is 3.60. The molecule has 1 aromatic rings. The standard InChI is InChI=1S/C11H12ClFN2O2/c12-8-4-10(14-6-7-2-1-3-7)11(15(16)17)5-9(8)13/h4-5,7,14H,1-3,6H2. The van der Waals surface area contributed by atoms with Crippen LogP contribution < -0.4 is 5.32 Å². The summed E-state index contributed by atoms with van der Waals surface area (Å²) in [4.78, 5) is 10.2. The first-order valence-corrected chi connectivity index (χ1v) is 5.83. The molecule has 0 unspecified atom stereocenters. The van der Waals surface area contributed by atoms with Crippen LogP contribution in [0.4, 0.5) is 15.8 Å². The van der Waals surface area contributed by atoms with Gasteiger partial charge in [0.25, 0.3) is 5.69 Å². The first kappa shape index (κ1) is 12.1. The van der Waals surface area contributed by atoms with Gasteiger partial charge in [0.1, 0.15) is 11.5 Å². The summed E-state index contributed by atoms with van der Waals surface area (Å²) in [7, 11) is 0. The lowest BCUT2D eigenvalue weighted by molar-refractivity contribution is -0.384. The highest BCUT2D eigenvalue weighted by molar-refractivity contribution is 6.31. The fraction of sp³-hybridized carbons (Fsp3) is 0.455. The van der Waals surface area contributed by atoms with E-state index in [0.29, 0.717) is 12.5 Å². The molecule has 4 nitrogen and oxygen atoms in total. The normalized spacial score (nSPS) is 15.4. The van der Waals surface area contributed by atoms with Crippen LogP contribution in [0.2, 0.25) is 5.02 Å². The molecule has 0 heterocycles. The Hall–Kier alpha value is -1.36.